The van der Waals surface area contributed by atoms with Gasteiger partial charge in [-0.1, -0.05) is 6.42 Å². The van der Waals surface area contributed by atoms with Crippen LogP contribution in [-0.4, -0.2) is 65.8 Å². The lowest BCUT2D eigenvalue weighted by Crippen LogP contribution is -2.45. The molecule has 1 saturated heterocycles. The first-order valence-electron chi connectivity index (χ1n) is 8.84. The van der Waals surface area contributed by atoms with Crippen molar-refractivity contribution in [2.45, 2.75) is 38.3 Å². The van der Waals surface area contributed by atoms with E-state index < -0.39 is 0 Å². The van der Waals surface area contributed by atoms with Crippen molar-refractivity contribution in [3.8, 4) is 0 Å². The summed E-state index contributed by atoms with van der Waals surface area (Å²) in [6, 6.07) is 0. The number of anilines is 1. The van der Waals surface area contributed by atoms with Gasteiger partial charge in [-0.05, 0) is 38.8 Å². The SMILES string of the molecule is CN1CCN(c2ncc(CNCC3CCCC(O)C3)cn2)CC1. The maximum Gasteiger partial charge on any atom is 0.225 e. The number of likely N-dealkylation sites (N-methyl/N-ethyl adjacent to an activating group) is 1. The molecule has 1 aliphatic carbocycles. The Morgan fingerprint density at radius 1 is 1.17 bits per heavy atom. The molecule has 0 aromatic carbocycles. The van der Waals surface area contributed by atoms with Crippen LogP contribution in [0.5, 0.6) is 0 Å². The van der Waals surface area contributed by atoms with Crippen LogP contribution in [0.3, 0.4) is 0 Å². The normalized spacial score (nSPS) is 26.4. The predicted octanol–water partition coefficient (Wildman–Crippen LogP) is 0.869. The minimum atomic E-state index is -0.0956. The fourth-order valence-corrected chi connectivity index (χ4v) is 3.48. The van der Waals surface area contributed by atoms with Gasteiger partial charge in [0, 0.05) is 50.7 Å². The Bertz CT molecular complexity index is 472. The van der Waals surface area contributed by atoms with E-state index in [4.69, 9.17) is 0 Å². The van der Waals surface area contributed by atoms with Gasteiger partial charge in [0.2, 0.25) is 5.95 Å². The van der Waals surface area contributed by atoms with E-state index in [2.05, 4.69) is 32.1 Å². The summed E-state index contributed by atoms with van der Waals surface area (Å²) < 4.78 is 0. The summed E-state index contributed by atoms with van der Waals surface area (Å²) in [5.74, 6) is 1.45. The highest BCUT2D eigenvalue weighted by molar-refractivity contribution is 5.30. The summed E-state index contributed by atoms with van der Waals surface area (Å²) in [5.41, 5.74) is 1.12. The molecule has 1 aliphatic heterocycles. The number of aliphatic hydroxyl groups excluding tert-OH is 1. The van der Waals surface area contributed by atoms with Crippen molar-refractivity contribution in [2.75, 3.05) is 44.7 Å². The lowest BCUT2D eigenvalue weighted by molar-refractivity contribution is 0.101. The van der Waals surface area contributed by atoms with Gasteiger partial charge in [0.1, 0.15) is 0 Å². The van der Waals surface area contributed by atoms with Crippen molar-refractivity contribution in [1.29, 1.82) is 0 Å². The Hall–Kier alpha value is -1.24. The van der Waals surface area contributed by atoms with Crippen LogP contribution in [0.25, 0.3) is 0 Å². The first-order valence-corrected chi connectivity index (χ1v) is 8.84. The van der Waals surface area contributed by atoms with E-state index in [9.17, 15) is 5.11 Å². The Balaban J connectivity index is 1.42. The number of hydrogen-bond donors (Lipinski definition) is 2. The van der Waals surface area contributed by atoms with Crippen molar-refractivity contribution in [1.82, 2.24) is 20.2 Å². The highest BCUT2D eigenvalue weighted by atomic mass is 16.3. The molecule has 0 radical (unpaired) electrons. The third-order valence-electron chi connectivity index (χ3n) is 5.00. The average Bonchev–Trinajstić information content (AvgIpc) is 2.56. The molecule has 1 aromatic heterocycles. The van der Waals surface area contributed by atoms with Crippen molar-refractivity contribution in [2.24, 2.45) is 5.92 Å². The van der Waals surface area contributed by atoms with Gasteiger partial charge < -0.3 is 20.2 Å². The van der Waals surface area contributed by atoms with Gasteiger partial charge >= 0.3 is 0 Å². The van der Waals surface area contributed by atoms with Crippen molar-refractivity contribution < 1.29 is 5.11 Å². The summed E-state index contributed by atoms with van der Waals surface area (Å²) in [6.07, 6.45) is 8.05. The molecule has 0 bridgehead atoms. The van der Waals surface area contributed by atoms with E-state index in [1.807, 2.05) is 12.4 Å². The molecule has 1 saturated carbocycles. The van der Waals surface area contributed by atoms with Crippen LogP contribution < -0.4 is 10.2 Å². The van der Waals surface area contributed by atoms with Crippen LogP contribution in [0.2, 0.25) is 0 Å². The maximum absolute atomic E-state index is 9.71. The second-order valence-corrected chi connectivity index (χ2v) is 7.00. The van der Waals surface area contributed by atoms with Crippen molar-refractivity contribution in [3.63, 3.8) is 0 Å². The molecule has 2 fully saturated rings. The van der Waals surface area contributed by atoms with Gasteiger partial charge in [0.25, 0.3) is 0 Å². The van der Waals surface area contributed by atoms with E-state index in [0.717, 1.165) is 70.0 Å². The average molecular weight is 319 g/mol. The lowest BCUT2D eigenvalue weighted by atomic mass is 9.87. The zero-order valence-electron chi connectivity index (χ0n) is 14.1. The van der Waals surface area contributed by atoms with Gasteiger partial charge in [-0.2, -0.15) is 0 Å². The van der Waals surface area contributed by atoms with Crippen LogP contribution in [0.1, 0.15) is 31.2 Å². The first-order chi connectivity index (χ1) is 11.2. The molecule has 2 heterocycles. The maximum atomic E-state index is 9.71. The molecule has 3 rings (SSSR count). The van der Waals surface area contributed by atoms with Gasteiger partial charge in [-0.15, -0.1) is 0 Å². The second-order valence-electron chi connectivity index (χ2n) is 7.00. The molecule has 0 spiro atoms. The minimum absolute atomic E-state index is 0.0956. The molecule has 23 heavy (non-hydrogen) atoms. The Kier molecular flexibility index (Phi) is 5.80. The molecule has 1 aromatic rings. The smallest absolute Gasteiger partial charge is 0.225 e. The fourth-order valence-electron chi connectivity index (χ4n) is 3.48. The number of nitrogens with zero attached hydrogens (tertiary/aromatic N) is 4. The van der Waals surface area contributed by atoms with Crippen molar-refractivity contribution in [3.05, 3.63) is 18.0 Å². The number of rotatable bonds is 5. The number of piperazine rings is 1. The molecule has 0 amide bonds. The van der Waals surface area contributed by atoms with Gasteiger partial charge in [-0.3, -0.25) is 0 Å². The van der Waals surface area contributed by atoms with Crippen LogP contribution in [0.15, 0.2) is 12.4 Å². The first kappa shape index (κ1) is 16.6. The Morgan fingerprint density at radius 3 is 2.61 bits per heavy atom. The summed E-state index contributed by atoms with van der Waals surface area (Å²) in [5, 5.41) is 13.2. The zero-order valence-corrected chi connectivity index (χ0v) is 14.1. The molecule has 128 valence electrons. The highest BCUT2D eigenvalue weighted by Crippen LogP contribution is 2.23. The van der Waals surface area contributed by atoms with Gasteiger partial charge in [-0.25, -0.2) is 9.97 Å². The van der Waals surface area contributed by atoms with Crippen LogP contribution in [-0.2, 0) is 6.54 Å². The second kappa shape index (κ2) is 8.04. The minimum Gasteiger partial charge on any atom is -0.393 e. The third kappa shape index (κ3) is 4.86. The van der Waals surface area contributed by atoms with E-state index in [0.29, 0.717) is 5.92 Å². The standard InChI is InChI=1S/C17H29N5O/c1-21-5-7-22(8-6-21)17-19-12-15(13-20-17)11-18-10-14-3-2-4-16(23)9-14/h12-14,16,18,23H,2-11H2,1H3. The number of aromatic nitrogens is 2. The molecule has 6 heteroatoms. The Labute approximate surface area is 138 Å². The zero-order chi connectivity index (χ0) is 16.1. The number of aliphatic hydroxyl groups is 1. The van der Waals surface area contributed by atoms with Crippen LogP contribution in [0, 0.1) is 5.92 Å². The highest BCUT2D eigenvalue weighted by Gasteiger charge is 2.19. The fraction of sp³-hybridized carbons (Fsp3) is 0.765. The summed E-state index contributed by atoms with van der Waals surface area (Å²) in [6.45, 7) is 5.91. The molecule has 2 N–H and O–H groups in total. The number of nitrogens with one attached hydrogen (secondary N) is 1. The summed E-state index contributed by atoms with van der Waals surface area (Å²) >= 11 is 0. The largest absolute Gasteiger partial charge is 0.393 e. The van der Waals surface area contributed by atoms with E-state index in [1.54, 1.807) is 0 Å². The molecule has 2 unspecified atom stereocenters. The molecule has 2 atom stereocenters. The topological polar surface area (TPSA) is 64.5 Å². The number of hydrogen-bond acceptors (Lipinski definition) is 6. The third-order valence-corrected chi connectivity index (χ3v) is 5.00. The molecular weight excluding hydrogens is 290 g/mol. The Morgan fingerprint density at radius 2 is 1.91 bits per heavy atom. The van der Waals surface area contributed by atoms with E-state index in [-0.39, 0.29) is 6.10 Å². The van der Waals surface area contributed by atoms with Gasteiger partial charge in [0.05, 0.1) is 6.10 Å². The summed E-state index contributed by atoms with van der Waals surface area (Å²) in [4.78, 5) is 13.6. The van der Waals surface area contributed by atoms with Crippen LogP contribution in [0.4, 0.5) is 5.95 Å². The van der Waals surface area contributed by atoms with E-state index in [1.165, 1.54) is 6.42 Å². The molecule has 2 aliphatic rings. The van der Waals surface area contributed by atoms with Crippen LogP contribution >= 0.6 is 0 Å². The van der Waals surface area contributed by atoms with Gasteiger partial charge in [0.15, 0.2) is 0 Å². The monoisotopic (exact) mass is 319 g/mol. The molecule has 6 nitrogen and oxygen atoms in total. The van der Waals surface area contributed by atoms with Crippen molar-refractivity contribution >= 4 is 5.95 Å². The molecular formula is C17H29N5O. The quantitative estimate of drug-likeness (QED) is 0.840. The van der Waals surface area contributed by atoms with E-state index >= 15 is 0 Å². The summed E-state index contributed by atoms with van der Waals surface area (Å²) in [7, 11) is 2.15. The lowest BCUT2D eigenvalue weighted by Gasteiger charge is -2.32. The predicted molar refractivity (Wildman–Crippen MR) is 91.4 cm³/mol.